The smallest absolute Gasteiger partial charge is 0.351 e. The molecule has 2 aromatic heterocycles. The molecule has 0 atom stereocenters. The monoisotopic (exact) mass is 404 g/mol. The van der Waals surface area contributed by atoms with Gasteiger partial charge in [0.05, 0.1) is 7.11 Å². The summed E-state index contributed by atoms with van der Waals surface area (Å²) in [7, 11) is 1.32. The Morgan fingerprint density at radius 1 is 1.11 bits per heavy atom. The standard InChI is InChI=1S/C20H20O5S2/c1-20(2,3)25-16(21)10-24-17-14-6-5-12(13-7-8-26-11-13)9-15(14)27-18(17)19(22)23-4/h5-9,11H,10H2,1-4H3. The lowest BCUT2D eigenvalue weighted by atomic mass is 10.1. The summed E-state index contributed by atoms with van der Waals surface area (Å²) in [5.41, 5.74) is 1.57. The fourth-order valence-corrected chi connectivity index (χ4v) is 4.32. The van der Waals surface area contributed by atoms with Gasteiger partial charge in [-0.25, -0.2) is 9.59 Å². The van der Waals surface area contributed by atoms with Crippen molar-refractivity contribution >= 4 is 44.7 Å². The maximum atomic E-state index is 12.2. The number of ether oxygens (including phenoxy) is 3. The van der Waals surface area contributed by atoms with Crippen molar-refractivity contribution in [3.63, 3.8) is 0 Å². The summed E-state index contributed by atoms with van der Waals surface area (Å²) in [6.45, 7) is 5.09. The molecule has 0 aliphatic carbocycles. The second-order valence-corrected chi connectivity index (χ2v) is 8.68. The van der Waals surface area contributed by atoms with Crippen LogP contribution in [0.15, 0.2) is 35.0 Å². The molecule has 2 heterocycles. The maximum Gasteiger partial charge on any atom is 0.351 e. The van der Waals surface area contributed by atoms with Gasteiger partial charge in [0.2, 0.25) is 0 Å². The molecule has 0 aliphatic rings. The highest BCUT2D eigenvalue weighted by molar-refractivity contribution is 7.21. The largest absolute Gasteiger partial charge is 0.479 e. The van der Waals surface area contributed by atoms with E-state index in [-0.39, 0.29) is 6.61 Å². The van der Waals surface area contributed by atoms with Crippen molar-refractivity contribution in [2.75, 3.05) is 13.7 Å². The topological polar surface area (TPSA) is 61.8 Å². The van der Waals surface area contributed by atoms with E-state index in [1.54, 1.807) is 32.1 Å². The highest BCUT2D eigenvalue weighted by atomic mass is 32.1. The summed E-state index contributed by atoms with van der Waals surface area (Å²) >= 11 is 2.91. The SMILES string of the molecule is COC(=O)c1sc2cc(-c3ccsc3)ccc2c1OCC(=O)OC(C)(C)C. The van der Waals surface area contributed by atoms with Gasteiger partial charge in [-0.3, -0.25) is 0 Å². The minimum absolute atomic E-state index is 0.278. The van der Waals surface area contributed by atoms with Crippen molar-refractivity contribution in [3.8, 4) is 16.9 Å². The van der Waals surface area contributed by atoms with Crippen LogP contribution >= 0.6 is 22.7 Å². The Hall–Kier alpha value is -2.38. The van der Waals surface area contributed by atoms with Crippen LogP contribution in [0.5, 0.6) is 5.75 Å². The molecular formula is C20H20O5S2. The van der Waals surface area contributed by atoms with E-state index in [2.05, 4.69) is 5.38 Å². The third-order valence-corrected chi connectivity index (χ3v) is 5.42. The summed E-state index contributed by atoms with van der Waals surface area (Å²) in [5, 5.41) is 4.85. The van der Waals surface area contributed by atoms with Gasteiger partial charge in [0.1, 0.15) is 5.60 Å². The fourth-order valence-electron chi connectivity index (χ4n) is 2.55. The molecule has 0 spiro atoms. The molecule has 0 bridgehead atoms. The quantitative estimate of drug-likeness (QED) is 0.551. The van der Waals surface area contributed by atoms with Crippen molar-refractivity contribution in [2.24, 2.45) is 0 Å². The molecule has 27 heavy (non-hydrogen) atoms. The van der Waals surface area contributed by atoms with Gasteiger partial charge >= 0.3 is 11.9 Å². The fraction of sp³-hybridized carbons (Fsp3) is 0.300. The van der Waals surface area contributed by atoms with Gasteiger partial charge in [0.15, 0.2) is 17.2 Å². The number of esters is 2. The average Bonchev–Trinajstić information content (AvgIpc) is 3.25. The highest BCUT2D eigenvalue weighted by Gasteiger charge is 2.23. The molecule has 0 amide bonds. The summed E-state index contributed by atoms with van der Waals surface area (Å²) in [5.74, 6) is -0.635. The molecule has 0 saturated carbocycles. The van der Waals surface area contributed by atoms with Crippen LogP contribution < -0.4 is 4.74 Å². The van der Waals surface area contributed by atoms with Crippen molar-refractivity contribution in [1.29, 1.82) is 0 Å². The number of hydrogen-bond acceptors (Lipinski definition) is 7. The zero-order valence-electron chi connectivity index (χ0n) is 15.5. The number of methoxy groups -OCH3 is 1. The first-order valence-electron chi connectivity index (χ1n) is 8.30. The lowest BCUT2D eigenvalue weighted by molar-refractivity contribution is -0.157. The van der Waals surface area contributed by atoms with Crippen molar-refractivity contribution in [2.45, 2.75) is 26.4 Å². The molecule has 0 aliphatic heterocycles. The van der Waals surface area contributed by atoms with E-state index in [0.29, 0.717) is 10.6 Å². The molecule has 3 aromatic rings. The maximum absolute atomic E-state index is 12.2. The minimum Gasteiger partial charge on any atom is -0.479 e. The number of carbonyl (C=O) groups excluding carboxylic acids is 2. The van der Waals surface area contributed by atoms with Crippen molar-refractivity contribution < 1.29 is 23.8 Å². The van der Waals surface area contributed by atoms with Crippen LogP contribution in [0.1, 0.15) is 30.4 Å². The molecule has 1 aromatic carbocycles. The Balaban J connectivity index is 1.94. The van der Waals surface area contributed by atoms with Gasteiger partial charge in [-0.2, -0.15) is 11.3 Å². The van der Waals surface area contributed by atoms with Gasteiger partial charge in [-0.1, -0.05) is 6.07 Å². The third kappa shape index (κ3) is 4.48. The first-order chi connectivity index (χ1) is 12.8. The van der Waals surface area contributed by atoms with Crippen LogP contribution in [0.3, 0.4) is 0 Å². The Morgan fingerprint density at radius 2 is 1.89 bits per heavy atom. The Labute approximate surface area is 165 Å². The Kier molecular flexibility index (Phi) is 5.53. The van der Waals surface area contributed by atoms with Crippen LogP contribution in [-0.4, -0.2) is 31.3 Å². The zero-order valence-corrected chi connectivity index (χ0v) is 17.2. The molecule has 0 N–H and O–H groups in total. The molecule has 0 fully saturated rings. The van der Waals surface area contributed by atoms with Gasteiger partial charge in [0.25, 0.3) is 0 Å². The van der Waals surface area contributed by atoms with Crippen LogP contribution in [0.25, 0.3) is 21.2 Å². The van der Waals surface area contributed by atoms with E-state index in [1.807, 2.05) is 29.6 Å². The second-order valence-electron chi connectivity index (χ2n) is 6.85. The molecule has 0 radical (unpaired) electrons. The Bertz CT molecular complexity index is 964. The number of benzene rings is 1. The number of hydrogen-bond donors (Lipinski definition) is 0. The van der Waals surface area contributed by atoms with E-state index in [4.69, 9.17) is 14.2 Å². The first kappa shape index (κ1) is 19.4. The molecule has 3 rings (SSSR count). The van der Waals surface area contributed by atoms with Gasteiger partial charge in [-0.05, 0) is 60.9 Å². The first-order valence-corrected chi connectivity index (χ1v) is 10.1. The average molecular weight is 405 g/mol. The molecule has 5 nitrogen and oxygen atoms in total. The molecule has 142 valence electrons. The summed E-state index contributed by atoms with van der Waals surface area (Å²) < 4.78 is 16.7. The zero-order chi connectivity index (χ0) is 19.6. The number of rotatable bonds is 5. The van der Waals surface area contributed by atoms with Crippen LogP contribution in [0, 0.1) is 0 Å². The number of thiophene rings is 2. The van der Waals surface area contributed by atoms with E-state index in [0.717, 1.165) is 21.2 Å². The van der Waals surface area contributed by atoms with Gasteiger partial charge in [-0.15, -0.1) is 11.3 Å². The van der Waals surface area contributed by atoms with E-state index in [9.17, 15) is 9.59 Å². The van der Waals surface area contributed by atoms with E-state index >= 15 is 0 Å². The number of carbonyl (C=O) groups is 2. The van der Waals surface area contributed by atoms with E-state index in [1.165, 1.54) is 18.4 Å². The summed E-state index contributed by atoms with van der Waals surface area (Å²) in [6, 6.07) is 7.92. The lowest BCUT2D eigenvalue weighted by Crippen LogP contribution is -2.27. The normalized spacial score (nSPS) is 11.4. The predicted octanol–water partition coefficient (Wildman–Crippen LogP) is 5.14. The number of fused-ring (bicyclic) bond motifs is 1. The van der Waals surface area contributed by atoms with E-state index < -0.39 is 17.5 Å². The van der Waals surface area contributed by atoms with Crippen LogP contribution in [-0.2, 0) is 14.3 Å². The molecular weight excluding hydrogens is 384 g/mol. The van der Waals surface area contributed by atoms with Gasteiger partial charge < -0.3 is 14.2 Å². The van der Waals surface area contributed by atoms with Crippen molar-refractivity contribution in [3.05, 3.63) is 39.9 Å². The van der Waals surface area contributed by atoms with Crippen molar-refractivity contribution in [1.82, 2.24) is 0 Å². The predicted molar refractivity (Wildman–Crippen MR) is 108 cm³/mol. The van der Waals surface area contributed by atoms with Crippen LogP contribution in [0.4, 0.5) is 0 Å². The Morgan fingerprint density at radius 3 is 2.52 bits per heavy atom. The molecule has 0 unspecified atom stereocenters. The second kappa shape index (κ2) is 7.70. The molecule has 0 saturated heterocycles. The summed E-state index contributed by atoms with van der Waals surface area (Å²) in [6.07, 6.45) is 0. The van der Waals surface area contributed by atoms with Crippen LogP contribution in [0.2, 0.25) is 0 Å². The minimum atomic E-state index is -0.599. The lowest BCUT2D eigenvalue weighted by Gasteiger charge is -2.19. The third-order valence-electron chi connectivity index (χ3n) is 3.62. The van der Waals surface area contributed by atoms with Gasteiger partial charge in [0, 0.05) is 10.1 Å². The highest BCUT2D eigenvalue weighted by Crippen LogP contribution is 2.40. The molecule has 7 heteroatoms. The summed E-state index contributed by atoms with van der Waals surface area (Å²) in [4.78, 5) is 24.5.